The molecule has 1 unspecified atom stereocenters. The number of rotatable bonds is 4. The van der Waals surface area contributed by atoms with Gasteiger partial charge < -0.3 is 14.6 Å². The third-order valence-corrected chi connectivity index (χ3v) is 3.72. The average Bonchev–Trinajstić information content (AvgIpc) is 2.90. The van der Waals surface area contributed by atoms with Gasteiger partial charge in [0.25, 0.3) is 0 Å². The zero-order valence-electron chi connectivity index (χ0n) is 20.4. The summed E-state index contributed by atoms with van der Waals surface area (Å²) >= 11 is 0. The molecule has 37 heavy (non-hydrogen) atoms. The summed E-state index contributed by atoms with van der Waals surface area (Å²) in [4.78, 5) is 24.1. The number of carbonyl (C=O) groups excluding carboxylic acids is 2. The van der Waals surface area contributed by atoms with Crippen molar-refractivity contribution in [3.05, 3.63) is 59.7 Å². The standard InChI is InChI=1S/C24H14O5.C8H6.9H2/c1-3-4-5-6-7-8-9-18(2)28-23(26)20-12-16-22(17-13-20)29-24(27)19-10-14-21(25)15-11-19;1-3-5-7-8-6-4-2;;;;;;;;;/h1,10-18,25H,2H3;1-2H3;9*1H. The number of phenols is 1. The molecule has 0 amide bonds. The van der Waals surface area contributed by atoms with Crippen molar-refractivity contribution in [2.24, 2.45) is 0 Å². The van der Waals surface area contributed by atoms with E-state index in [1.54, 1.807) is 20.8 Å². The van der Waals surface area contributed by atoms with Gasteiger partial charge >= 0.3 is 11.9 Å². The van der Waals surface area contributed by atoms with Crippen molar-refractivity contribution in [1.29, 1.82) is 0 Å². The van der Waals surface area contributed by atoms with Gasteiger partial charge in [0.1, 0.15) is 11.5 Å². The first-order chi connectivity index (χ1) is 17.9. The van der Waals surface area contributed by atoms with Crippen LogP contribution < -0.4 is 4.74 Å². The Labute approximate surface area is 230 Å². The Morgan fingerprint density at radius 3 is 1.81 bits per heavy atom. The highest BCUT2D eigenvalue weighted by Gasteiger charge is 2.12. The number of esters is 2. The fraction of sp³-hybridized carbons (Fsp3) is 0.125. The lowest BCUT2D eigenvalue weighted by Crippen LogP contribution is -2.13. The van der Waals surface area contributed by atoms with Crippen molar-refractivity contribution < 1.29 is 37.0 Å². The van der Waals surface area contributed by atoms with Gasteiger partial charge in [0, 0.05) is 12.8 Å². The number of hydrogen-bond donors (Lipinski definition) is 1. The minimum atomic E-state index is -0.676. The molecule has 0 aliphatic carbocycles. The molecule has 0 heterocycles. The molecule has 2 rings (SSSR count). The maximum Gasteiger partial charge on any atom is 0.343 e. The van der Waals surface area contributed by atoms with Crippen LogP contribution in [0.25, 0.3) is 0 Å². The van der Waals surface area contributed by atoms with Crippen molar-refractivity contribution in [3.8, 4) is 94.9 Å². The third kappa shape index (κ3) is 12.8. The molecule has 2 aromatic rings. The van der Waals surface area contributed by atoms with E-state index < -0.39 is 18.0 Å². The number of phenolic OH excluding ortho intramolecular Hbond substituents is 1. The molecular formula is C32H38O5. The summed E-state index contributed by atoms with van der Waals surface area (Å²) in [5.74, 6) is 31.6. The molecule has 5 heteroatoms. The minimum absolute atomic E-state index is 0. The van der Waals surface area contributed by atoms with E-state index in [0.717, 1.165) is 0 Å². The lowest BCUT2D eigenvalue weighted by atomic mass is 10.2. The second-order valence-corrected chi connectivity index (χ2v) is 6.42. The van der Waals surface area contributed by atoms with Gasteiger partial charge in [-0.3, -0.25) is 0 Å². The highest BCUT2D eigenvalue weighted by molar-refractivity contribution is 5.92. The van der Waals surface area contributed by atoms with Gasteiger partial charge in [0.15, 0.2) is 6.10 Å². The van der Waals surface area contributed by atoms with E-state index in [-0.39, 0.29) is 35.5 Å². The van der Waals surface area contributed by atoms with Crippen LogP contribution in [0, 0.1) is 83.4 Å². The Morgan fingerprint density at radius 2 is 1.24 bits per heavy atom. The summed E-state index contributed by atoms with van der Waals surface area (Å²) < 4.78 is 10.4. The van der Waals surface area contributed by atoms with Crippen molar-refractivity contribution in [2.45, 2.75) is 26.9 Å². The first-order valence-electron chi connectivity index (χ1n) is 10.5. The van der Waals surface area contributed by atoms with Crippen LogP contribution in [0.5, 0.6) is 11.5 Å². The van der Waals surface area contributed by atoms with Gasteiger partial charge in [0.2, 0.25) is 0 Å². The van der Waals surface area contributed by atoms with Crippen LogP contribution in [0.1, 0.15) is 54.3 Å². The van der Waals surface area contributed by atoms with E-state index in [4.69, 9.17) is 15.9 Å². The maximum atomic E-state index is 12.1. The molecule has 0 aliphatic rings. The van der Waals surface area contributed by atoms with E-state index in [2.05, 4.69) is 77.0 Å². The molecular weight excluding hydrogens is 464 g/mol. The molecule has 0 aliphatic heterocycles. The Balaban J connectivity index is -0.000000103. The van der Waals surface area contributed by atoms with Crippen molar-refractivity contribution in [3.63, 3.8) is 0 Å². The van der Waals surface area contributed by atoms with E-state index >= 15 is 0 Å². The van der Waals surface area contributed by atoms with Gasteiger partial charge in [-0.05, 0) is 134 Å². The second-order valence-electron chi connectivity index (χ2n) is 6.42. The second kappa shape index (κ2) is 17.6. The fourth-order valence-corrected chi connectivity index (χ4v) is 2.14. The number of ether oxygens (including phenoxy) is 2. The molecule has 0 spiro atoms. The van der Waals surface area contributed by atoms with E-state index in [1.165, 1.54) is 48.5 Å². The van der Waals surface area contributed by atoms with Crippen LogP contribution in [-0.4, -0.2) is 23.1 Å². The molecule has 0 radical (unpaired) electrons. The molecule has 0 bridgehead atoms. The number of carbonyl (C=O) groups is 2. The fourth-order valence-electron chi connectivity index (χ4n) is 2.14. The third-order valence-electron chi connectivity index (χ3n) is 3.72. The van der Waals surface area contributed by atoms with Crippen molar-refractivity contribution in [1.82, 2.24) is 0 Å². The smallest absolute Gasteiger partial charge is 0.343 e. The molecule has 0 fully saturated rings. The maximum absolute atomic E-state index is 12.1. The first kappa shape index (κ1) is 29.1. The highest BCUT2D eigenvalue weighted by Crippen LogP contribution is 2.16. The molecule has 2 aromatic carbocycles. The monoisotopic (exact) mass is 502 g/mol. The molecule has 0 saturated carbocycles. The van der Waals surface area contributed by atoms with Gasteiger partial charge in [-0.2, -0.15) is 0 Å². The molecule has 1 N–H and O–H groups in total. The zero-order valence-corrected chi connectivity index (χ0v) is 20.4. The van der Waals surface area contributed by atoms with E-state index in [0.29, 0.717) is 0 Å². The predicted octanol–water partition coefficient (Wildman–Crippen LogP) is 6.05. The van der Waals surface area contributed by atoms with Crippen molar-refractivity contribution in [2.75, 3.05) is 0 Å². The lowest BCUT2D eigenvalue weighted by Gasteiger charge is -2.08. The quantitative estimate of drug-likeness (QED) is 0.313. The molecule has 0 saturated heterocycles. The van der Waals surface area contributed by atoms with Gasteiger partial charge in [-0.1, -0.05) is 11.8 Å². The lowest BCUT2D eigenvalue weighted by molar-refractivity contribution is 0.0438. The minimum Gasteiger partial charge on any atom is -0.508 e. The van der Waals surface area contributed by atoms with Crippen LogP contribution in [0.2, 0.25) is 0 Å². The number of hydrogen-bond acceptors (Lipinski definition) is 5. The molecule has 1 atom stereocenters. The van der Waals surface area contributed by atoms with Gasteiger partial charge in [-0.25, -0.2) is 9.59 Å². The Kier molecular flexibility index (Phi) is 13.8. The summed E-state index contributed by atoms with van der Waals surface area (Å²) in [6, 6.07) is 11.5. The molecule has 0 aromatic heterocycles. The first-order valence-corrected chi connectivity index (χ1v) is 10.5. The van der Waals surface area contributed by atoms with Gasteiger partial charge in [-0.15, -0.1) is 6.42 Å². The number of terminal acetylenes is 1. The molecule has 196 valence electrons. The summed E-state index contributed by atoms with van der Waals surface area (Å²) in [5.41, 5.74) is 0.557. The van der Waals surface area contributed by atoms with Crippen LogP contribution in [0.4, 0.5) is 0 Å². The Hall–Kier alpha value is -5.90. The topological polar surface area (TPSA) is 72.8 Å². The van der Waals surface area contributed by atoms with Crippen LogP contribution in [-0.2, 0) is 4.74 Å². The number of aromatic hydroxyl groups is 1. The normalized spacial score (nSPS) is 8.38. The van der Waals surface area contributed by atoms with Crippen LogP contribution >= 0.6 is 0 Å². The molecule has 5 nitrogen and oxygen atoms in total. The highest BCUT2D eigenvalue weighted by atomic mass is 16.5. The number of benzene rings is 2. The van der Waals surface area contributed by atoms with E-state index in [9.17, 15) is 14.7 Å². The summed E-state index contributed by atoms with van der Waals surface area (Å²) in [6.45, 7) is 5.09. The Bertz CT molecular complexity index is 1530. The predicted molar refractivity (Wildman–Crippen MR) is 160 cm³/mol. The summed E-state index contributed by atoms with van der Waals surface area (Å²) in [6.07, 6.45) is 4.27. The van der Waals surface area contributed by atoms with Crippen LogP contribution in [0.3, 0.4) is 0 Å². The van der Waals surface area contributed by atoms with Crippen molar-refractivity contribution >= 4 is 11.9 Å². The Morgan fingerprint density at radius 1 is 0.757 bits per heavy atom. The summed E-state index contributed by atoms with van der Waals surface area (Å²) in [5, 5.41) is 9.24. The van der Waals surface area contributed by atoms with E-state index in [1.807, 2.05) is 0 Å². The van der Waals surface area contributed by atoms with Crippen LogP contribution in [0.15, 0.2) is 48.5 Å². The average molecular weight is 503 g/mol. The zero-order chi connectivity index (χ0) is 27.3. The SMILES string of the molecule is C#CC#CC#CC#CC(C)OC(=O)c1ccc(OC(=O)c2ccc(O)cc2)cc1.CC#CC#CC#CC.[HH].[HH].[HH].[HH].[HH].[HH].[HH].[HH].[HH]. The van der Waals surface area contributed by atoms with Gasteiger partial charge in [0.05, 0.1) is 11.1 Å². The summed E-state index contributed by atoms with van der Waals surface area (Å²) in [7, 11) is 0. The largest absolute Gasteiger partial charge is 0.508 e.